The van der Waals surface area contributed by atoms with Gasteiger partial charge in [0.1, 0.15) is 5.70 Å². The Hall–Kier alpha value is -3.61. The molecular formula is C23H24N4O3. The van der Waals surface area contributed by atoms with Crippen molar-refractivity contribution in [1.29, 1.82) is 0 Å². The Labute approximate surface area is 175 Å². The third kappa shape index (κ3) is 3.66. The van der Waals surface area contributed by atoms with Gasteiger partial charge in [0.15, 0.2) is 0 Å². The van der Waals surface area contributed by atoms with E-state index in [1.54, 1.807) is 24.3 Å². The maximum Gasteiger partial charge on any atom is 0.277 e. The van der Waals surface area contributed by atoms with Crippen LogP contribution in [0.4, 0.5) is 11.4 Å². The molecule has 3 amide bonds. The average Bonchev–Trinajstić information content (AvgIpc) is 2.99. The molecular weight excluding hydrogens is 380 g/mol. The van der Waals surface area contributed by atoms with Gasteiger partial charge in [-0.25, -0.2) is 0 Å². The summed E-state index contributed by atoms with van der Waals surface area (Å²) in [6, 6.07) is 17.2. The highest BCUT2D eigenvalue weighted by atomic mass is 16.2. The summed E-state index contributed by atoms with van der Waals surface area (Å²) in [5.74, 6) is -0.729. The van der Waals surface area contributed by atoms with Gasteiger partial charge in [-0.2, -0.15) is 0 Å². The van der Waals surface area contributed by atoms with E-state index in [0.717, 1.165) is 18.8 Å². The highest BCUT2D eigenvalue weighted by molar-refractivity contribution is 6.35. The molecule has 0 unspecified atom stereocenters. The number of amides is 3. The lowest BCUT2D eigenvalue weighted by molar-refractivity contribution is -0.136. The lowest BCUT2D eigenvalue weighted by Crippen LogP contribution is -2.47. The first-order chi connectivity index (χ1) is 14.5. The van der Waals surface area contributed by atoms with E-state index in [1.165, 1.54) is 18.9 Å². The lowest BCUT2D eigenvalue weighted by atomic mass is 10.0. The number of nitrogens with zero attached hydrogens (tertiary/aromatic N) is 3. The Balaban J connectivity index is 1.60. The van der Waals surface area contributed by atoms with Crippen molar-refractivity contribution < 1.29 is 14.4 Å². The third-order valence-corrected chi connectivity index (χ3v) is 5.47. The second kappa shape index (κ2) is 8.02. The van der Waals surface area contributed by atoms with Gasteiger partial charge in [-0.1, -0.05) is 30.3 Å². The minimum atomic E-state index is -0.298. The van der Waals surface area contributed by atoms with Gasteiger partial charge in [0.25, 0.3) is 11.8 Å². The summed E-state index contributed by atoms with van der Waals surface area (Å²) >= 11 is 0. The van der Waals surface area contributed by atoms with Gasteiger partial charge in [-0.15, -0.1) is 0 Å². The van der Waals surface area contributed by atoms with Crippen LogP contribution in [0.2, 0.25) is 0 Å². The Morgan fingerprint density at radius 2 is 1.43 bits per heavy atom. The predicted octanol–water partition coefficient (Wildman–Crippen LogP) is 2.18. The number of imide groups is 1. The topological polar surface area (TPSA) is 73.0 Å². The molecule has 1 N–H and O–H groups in total. The third-order valence-electron chi connectivity index (χ3n) is 5.47. The van der Waals surface area contributed by atoms with Crippen LogP contribution in [0.3, 0.4) is 0 Å². The number of anilines is 2. The fraction of sp³-hybridized carbons (Fsp3) is 0.261. The zero-order valence-electron chi connectivity index (χ0n) is 17.1. The van der Waals surface area contributed by atoms with Gasteiger partial charge < -0.3 is 15.1 Å². The highest BCUT2D eigenvalue weighted by Crippen LogP contribution is 2.32. The van der Waals surface area contributed by atoms with Crippen molar-refractivity contribution >= 4 is 34.7 Å². The number of benzene rings is 2. The molecule has 7 nitrogen and oxygen atoms in total. The number of carbonyl (C=O) groups is 3. The average molecular weight is 404 g/mol. The number of nitrogens with one attached hydrogen (secondary N) is 1. The van der Waals surface area contributed by atoms with Gasteiger partial charge in [0.2, 0.25) is 5.91 Å². The first-order valence-electron chi connectivity index (χ1n) is 9.95. The number of para-hydroxylation sites is 1. The van der Waals surface area contributed by atoms with Crippen molar-refractivity contribution in [2.75, 3.05) is 43.4 Å². The Morgan fingerprint density at radius 3 is 2.03 bits per heavy atom. The van der Waals surface area contributed by atoms with E-state index < -0.39 is 0 Å². The summed E-state index contributed by atoms with van der Waals surface area (Å²) in [4.78, 5) is 42.5. The highest BCUT2D eigenvalue weighted by Gasteiger charge is 2.40. The molecule has 2 aromatic carbocycles. The Bertz CT molecular complexity index is 1010. The Morgan fingerprint density at radius 1 is 0.833 bits per heavy atom. The van der Waals surface area contributed by atoms with E-state index in [0.29, 0.717) is 35.6 Å². The molecule has 4 rings (SSSR count). The van der Waals surface area contributed by atoms with Crippen molar-refractivity contribution in [3.05, 3.63) is 65.9 Å². The number of rotatable bonds is 4. The van der Waals surface area contributed by atoms with Crippen LogP contribution in [-0.4, -0.2) is 60.7 Å². The Kier molecular flexibility index (Phi) is 5.27. The molecule has 0 radical (unpaired) electrons. The summed E-state index contributed by atoms with van der Waals surface area (Å²) in [5.41, 5.74) is 3.36. The minimum absolute atomic E-state index is 0.161. The second-order valence-electron chi connectivity index (χ2n) is 7.46. The van der Waals surface area contributed by atoms with E-state index >= 15 is 0 Å². The van der Waals surface area contributed by atoms with Crippen molar-refractivity contribution in [2.45, 2.75) is 6.92 Å². The van der Waals surface area contributed by atoms with Gasteiger partial charge in [-0.3, -0.25) is 19.3 Å². The van der Waals surface area contributed by atoms with Crippen LogP contribution in [-0.2, 0) is 14.4 Å². The number of hydrogen-bond acceptors (Lipinski definition) is 5. The molecule has 1 saturated heterocycles. The normalized spacial score (nSPS) is 17.1. The molecule has 2 aliphatic heterocycles. The van der Waals surface area contributed by atoms with E-state index in [4.69, 9.17) is 0 Å². The molecule has 2 heterocycles. The largest absolute Gasteiger partial charge is 0.368 e. The number of hydrogen-bond donors (Lipinski definition) is 1. The van der Waals surface area contributed by atoms with Crippen LogP contribution in [0.5, 0.6) is 0 Å². The predicted molar refractivity (Wildman–Crippen MR) is 116 cm³/mol. The van der Waals surface area contributed by atoms with Crippen LogP contribution < -0.4 is 10.2 Å². The van der Waals surface area contributed by atoms with Gasteiger partial charge in [0.05, 0.1) is 5.57 Å². The zero-order valence-corrected chi connectivity index (χ0v) is 17.1. The summed E-state index contributed by atoms with van der Waals surface area (Å²) < 4.78 is 0. The maximum atomic E-state index is 12.9. The van der Waals surface area contributed by atoms with E-state index in [2.05, 4.69) is 22.3 Å². The molecule has 0 aromatic heterocycles. The first-order valence-corrected chi connectivity index (χ1v) is 9.95. The zero-order chi connectivity index (χ0) is 21.3. The molecule has 1 fully saturated rings. The fourth-order valence-electron chi connectivity index (χ4n) is 3.93. The van der Waals surface area contributed by atoms with Crippen LogP contribution in [0, 0.1) is 0 Å². The molecule has 0 bridgehead atoms. The maximum absolute atomic E-state index is 12.9. The first kappa shape index (κ1) is 19.7. The summed E-state index contributed by atoms with van der Waals surface area (Å²) in [6.45, 7) is 4.30. The number of likely N-dealkylation sites (N-methyl/N-ethyl adjacent to an activating group) is 1. The van der Waals surface area contributed by atoms with E-state index in [-0.39, 0.29) is 17.7 Å². The van der Waals surface area contributed by atoms with Crippen molar-refractivity contribution in [3.63, 3.8) is 0 Å². The van der Waals surface area contributed by atoms with Crippen LogP contribution in [0.15, 0.2) is 60.3 Å². The number of piperazine rings is 1. The van der Waals surface area contributed by atoms with E-state index in [9.17, 15) is 14.4 Å². The SMILES string of the molecule is CC(=O)Nc1ccc(C2=C(N3CCN(c4ccccc4)CC3)C(=O)N(C)C2=O)cc1. The molecule has 2 aromatic rings. The lowest BCUT2D eigenvalue weighted by Gasteiger charge is -2.37. The smallest absolute Gasteiger partial charge is 0.277 e. The van der Waals surface area contributed by atoms with Crippen molar-refractivity contribution in [3.8, 4) is 0 Å². The second-order valence-corrected chi connectivity index (χ2v) is 7.46. The monoisotopic (exact) mass is 404 g/mol. The fourth-order valence-corrected chi connectivity index (χ4v) is 3.93. The summed E-state index contributed by atoms with van der Waals surface area (Å²) in [6.07, 6.45) is 0. The molecule has 7 heteroatoms. The summed E-state index contributed by atoms with van der Waals surface area (Å²) in [5, 5.41) is 2.71. The van der Waals surface area contributed by atoms with Gasteiger partial charge in [0, 0.05) is 51.5 Å². The standard InChI is InChI=1S/C23H24N4O3/c1-16(28)24-18-10-8-17(9-11-18)20-21(23(30)25(2)22(20)29)27-14-12-26(13-15-27)19-6-4-3-5-7-19/h3-11H,12-15H2,1-2H3,(H,24,28). The van der Waals surface area contributed by atoms with Gasteiger partial charge in [-0.05, 0) is 29.8 Å². The minimum Gasteiger partial charge on any atom is -0.368 e. The molecule has 2 aliphatic rings. The van der Waals surface area contributed by atoms with E-state index in [1.807, 2.05) is 23.1 Å². The van der Waals surface area contributed by atoms with Gasteiger partial charge >= 0.3 is 0 Å². The molecule has 30 heavy (non-hydrogen) atoms. The molecule has 0 spiro atoms. The van der Waals surface area contributed by atoms with Crippen LogP contribution >= 0.6 is 0 Å². The quantitative estimate of drug-likeness (QED) is 0.791. The van der Waals surface area contributed by atoms with Crippen molar-refractivity contribution in [2.24, 2.45) is 0 Å². The molecule has 0 aliphatic carbocycles. The summed E-state index contributed by atoms with van der Waals surface area (Å²) in [7, 11) is 1.52. The van der Waals surface area contributed by atoms with Crippen LogP contribution in [0.25, 0.3) is 5.57 Å². The molecule has 0 atom stereocenters. The molecule has 0 saturated carbocycles. The number of carbonyl (C=O) groups excluding carboxylic acids is 3. The molecule has 154 valence electrons. The van der Waals surface area contributed by atoms with Crippen molar-refractivity contribution in [1.82, 2.24) is 9.80 Å². The van der Waals surface area contributed by atoms with Crippen LogP contribution in [0.1, 0.15) is 12.5 Å².